The number of tetrazole rings is 1. The highest BCUT2D eigenvalue weighted by molar-refractivity contribution is 7.99. The molecule has 1 atom stereocenters. The molecule has 0 saturated carbocycles. The Hall–Kier alpha value is -3.00. The molecular weight excluding hydrogens is 360 g/mol. The second-order valence-electron chi connectivity index (χ2n) is 6.45. The molecule has 0 bridgehead atoms. The monoisotopic (exact) mass is 378 g/mol. The molecule has 27 heavy (non-hydrogen) atoms. The van der Waals surface area contributed by atoms with Gasteiger partial charge in [-0.05, 0) is 66.6 Å². The number of para-hydroxylation sites is 1. The van der Waals surface area contributed by atoms with Crippen LogP contribution in [-0.2, 0) is 0 Å². The van der Waals surface area contributed by atoms with Crippen LogP contribution in [0.15, 0.2) is 52.4 Å². The summed E-state index contributed by atoms with van der Waals surface area (Å²) >= 11 is 1.45. The minimum absolute atomic E-state index is 0.127. The minimum atomic E-state index is -0.142. The third kappa shape index (κ3) is 3.48. The lowest BCUT2D eigenvalue weighted by atomic mass is 10.1. The molecule has 4 aromatic rings. The van der Waals surface area contributed by atoms with Gasteiger partial charge in [0.05, 0.1) is 21.8 Å². The number of aromatic nitrogens is 6. The van der Waals surface area contributed by atoms with Crippen LogP contribution in [0.1, 0.15) is 29.1 Å². The summed E-state index contributed by atoms with van der Waals surface area (Å²) < 4.78 is 1.71. The highest BCUT2D eigenvalue weighted by Gasteiger charge is 2.17. The first kappa shape index (κ1) is 17.4. The van der Waals surface area contributed by atoms with Gasteiger partial charge in [0.15, 0.2) is 0 Å². The van der Waals surface area contributed by atoms with Crippen molar-refractivity contribution in [3.63, 3.8) is 0 Å². The number of aryl methyl sites for hydroxylation is 2. The molecule has 0 radical (unpaired) electrons. The Balaban J connectivity index is 1.67. The molecule has 0 aliphatic heterocycles. The first-order chi connectivity index (χ1) is 13.0. The summed E-state index contributed by atoms with van der Waals surface area (Å²) in [6.07, 6.45) is 0. The fraction of sp³-hybridized carbons (Fsp3) is 0.211. The van der Waals surface area contributed by atoms with Gasteiger partial charge in [0.25, 0.3) is 5.56 Å². The Morgan fingerprint density at radius 3 is 2.63 bits per heavy atom. The Morgan fingerprint density at radius 1 is 1.11 bits per heavy atom. The molecule has 0 saturated heterocycles. The summed E-state index contributed by atoms with van der Waals surface area (Å²) in [6.45, 7) is 6.05. The van der Waals surface area contributed by atoms with Crippen molar-refractivity contribution in [3.05, 3.63) is 69.8 Å². The maximum absolute atomic E-state index is 12.3. The molecule has 2 aromatic heterocycles. The van der Waals surface area contributed by atoms with Gasteiger partial charge >= 0.3 is 0 Å². The zero-order valence-corrected chi connectivity index (χ0v) is 16.0. The van der Waals surface area contributed by atoms with E-state index in [1.165, 1.54) is 11.8 Å². The van der Waals surface area contributed by atoms with Crippen LogP contribution in [0.25, 0.3) is 16.6 Å². The van der Waals surface area contributed by atoms with Crippen LogP contribution in [0.2, 0.25) is 0 Å². The molecule has 7 nitrogen and oxygen atoms in total. The van der Waals surface area contributed by atoms with Gasteiger partial charge in [-0.3, -0.25) is 4.79 Å². The van der Waals surface area contributed by atoms with Gasteiger partial charge in [0.2, 0.25) is 5.16 Å². The molecule has 2 aromatic carbocycles. The molecule has 0 amide bonds. The van der Waals surface area contributed by atoms with Crippen LogP contribution in [0.3, 0.4) is 0 Å². The van der Waals surface area contributed by atoms with E-state index in [2.05, 4.69) is 31.6 Å². The zero-order valence-electron chi connectivity index (χ0n) is 15.2. The van der Waals surface area contributed by atoms with Crippen LogP contribution in [-0.4, -0.2) is 30.2 Å². The number of nitrogens with zero attached hydrogens (tertiary/aromatic N) is 5. The lowest BCUT2D eigenvalue weighted by molar-refractivity contribution is 0.752. The molecule has 136 valence electrons. The van der Waals surface area contributed by atoms with Crippen LogP contribution in [0, 0.1) is 13.8 Å². The molecule has 0 aliphatic carbocycles. The lowest BCUT2D eigenvalue weighted by Gasteiger charge is -2.11. The Labute approximate surface area is 159 Å². The molecule has 8 heteroatoms. The normalized spacial score (nSPS) is 12.4. The van der Waals surface area contributed by atoms with Crippen LogP contribution >= 0.6 is 11.8 Å². The van der Waals surface area contributed by atoms with Crippen molar-refractivity contribution in [1.82, 2.24) is 30.2 Å². The predicted octanol–water partition coefficient (Wildman–Crippen LogP) is 3.37. The van der Waals surface area contributed by atoms with E-state index in [-0.39, 0.29) is 10.8 Å². The number of nitrogens with one attached hydrogen (secondary N) is 1. The van der Waals surface area contributed by atoms with Crippen molar-refractivity contribution in [2.24, 2.45) is 0 Å². The molecular formula is C19H18N6OS. The van der Waals surface area contributed by atoms with Crippen molar-refractivity contribution in [2.45, 2.75) is 31.2 Å². The molecule has 2 heterocycles. The average Bonchev–Trinajstić information content (AvgIpc) is 3.09. The number of hydrogen-bond donors (Lipinski definition) is 1. The number of aromatic amines is 1. The number of hydrogen-bond acceptors (Lipinski definition) is 6. The summed E-state index contributed by atoms with van der Waals surface area (Å²) in [6, 6.07) is 13.5. The van der Waals surface area contributed by atoms with Crippen molar-refractivity contribution >= 4 is 22.7 Å². The van der Waals surface area contributed by atoms with E-state index in [1.54, 1.807) is 10.7 Å². The van der Waals surface area contributed by atoms with E-state index >= 15 is 0 Å². The number of thioether (sulfide) groups is 1. The van der Waals surface area contributed by atoms with Gasteiger partial charge in [-0.25, -0.2) is 4.98 Å². The number of benzene rings is 2. The molecule has 0 aliphatic rings. The van der Waals surface area contributed by atoms with Crippen molar-refractivity contribution < 1.29 is 0 Å². The minimum Gasteiger partial charge on any atom is -0.309 e. The fourth-order valence-corrected chi connectivity index (χ4v) is 3.86. The van der Waals surface area contributed by atoms with Gasteiger partial charge in [0.1, 0.15) is 5.82 Å². The topological polar surface area (TPSA) is 89.3 Å². The van der Waals surface area contributed by atoms with Crippen LogP contribution < -0.4 is 5.56 Å². The number of H-pyrrole nitrogens is 1. The van der Waals surface area contributed by atoms with E-state index in [0.29, 0.717) is 21.9 Å². The third-order valence-corrected chi connectivity index (χ3v) is 5.23. The van der Waals surface area contributed by atoms with Gasteiger partial charge in [-0.15, -0.1) is 5.10 Å². The van der Waals surface area contributed by atoms with Gasteiger partial charge in [-0.2, -0.15) is 4.68 Å². The van der Waals surface area contributed by atoms with Crippen molar-refractivity contribution in [3.8, 4) is 5.69 Å². The molecule has 0 unspecified atom stereocenters. The third-order valence-electron chi connectivity index (χ3n) is 4.19. The lowest BCUT2D eigenvalue weighted by Crippen LogP contribution is -2.13. The second-order valence-corrected chi connectivity index (χ2v) is 7.76. The maximum Gasteiger partial charge on any atom is 0.258 e. The average molecular weight is 378 g/mol. The van der Waals surface area contributed by atoms with Crippen molar-refractivity contribution in [1.29, 1.82) is 0 Å². The zero-order chi connectivity index (χ0) is 19.0. The highest BCUT2D eigenvalue weighted by atomic mass is 32.2. The fourth-order valence-electron chi connectivity index (χ4n) is 3.00. The predicted molar refractivity (Wildman–Crippen MR) is 105 cm³/mol. The Kier molecular flexibility index (Phi) is 4.49. The smallest absolute Gasteiger partial charge is 0.258 e. The summed E-state index contributed by atoms with van der Waals surface area (Å²) in [5.41, 5.74) is 3.73. The number of fused-ring (bicyclic) bond motifs is 1. The summed E-state index contributed by atoms with van der Waals surface area (Å²) in [5.74, 6) is 0.596. The molecule has 4 rings (SSSR count). The number of rotatable bonds is 4. The highest BCUT2D eigenvalue weighted by Crippen LogP contribution is 2.32. The summed E-state index contributed by atoms with van der Waals surface area (Å²) in [4.78, 5) is 19.8. The van der Waals surface area contributed by atoms with Crippen LogP contribution in [0.5, 0.6) is 0 Å². The second kappa shape index (κ2) is 6.96. The van der Waals surface area contributed by atoms with E-state index in [4.69, 9.17) is 0 Å². The van der Waals surface area contributed by atoms with E-state index in [1.807, 2.05) is 51.1 Å². The Morgan fingerprint density at radius 2 is 1.85 bits per heavy atom. The Bertz CT molecular complexity index is 1160. The quantitative estimate of drug-likeness (QED) is 0.548. The maximum atomic E-state index is 12.3. The van der Waals surface area contributed by atoms with Gasteiger partial charge in [-0.1, -0.05) is 30.0 Å². The SMILES string of the molecule is Cc1cc(C)cc(-n2nnnc2S[C@@H](C)c2nc3ccccc3c(=O)[nH]2)c1. The first-order valence-electron chi connectivity index (χ1n) is 8.54. The van der Waals surface area contributed by atoms with E-state index in [9.17, 15) is 4.79 Å². The largest absolute Gasteiger partial charge is 0.309 e. The van der Waals surface area contributed by atoms with Gasteiger partial charge in [0, 0.05) is 0 Å². The van der Waals surface area contributed by atoms with E-state index < -0.39 is 0 Å². The van der Waals surface area contributed by atoms with Crippen LogP contribution in [0.4, 0.5) is 0 Å². The summed E-state index contributed by atoms with van der Waals surface area (Å²) in [7, 11) is 0. The standard InChI is InChI=1S/C19H18N6OS/c1-11-8-12(2)10-14(9-11)25-19(22-23-24-25)27-13(3)17-20-16-7-5-4-6-15(16)18(26)21-17/h4-10,13H,1-3H3,(H,20,21,26)/t13-/m0/s1. The molecule has 0 fully saturated rings. The van der Waals surface area contributed by atoms with E-state index in [0.717, 1.165) is 16.8 Å². The van der Waals surface area contributed by atoms with Gasteiger partial charge < -0.3 is 4.98 Å². The summed E-state index contributed by atoms with van der Waals surface area (Å²) in [5, 5.41) is 13.2. The molecule has 0 spiro atoms. The molecule has 1 N–H and O–H groups in total. The first-order valence-corrected chi connectivity index (χ1v) is 9.42. The van der Waals surface area contributed by atoms with Crippen molar-refractivity contribution in [2.75, 3.05) is 0 Å².